The van der Waals surface area contributed by atoms with Gasteiger partial charge in [-0.05, 0) is 60.0 Å². The molecule has 0 spiro atoms. The van der Waals surface area contributed by atoms with E-state index < -0.39 is 0 Å². The molecule has 8 nitrogen and oxygen atoms in total. The SMILES string of the molecule is CC1(C)Cc2cnc(N)nc2-c2n[nH]c(C(=O)Cc3ccc(C(=O)Cc4ccc(CN5CCCCC5)cc4)cc3)c21. The summed E-state index contributed by atoms with van der Waals surface area (Å²) in [6, 6.07) is 15.8. The van der Waals surface area contributed by atoms with Crippen LogP contribution in [0.3, 0.4) is 0 Å². The Morgan fingerprint density at radius 1 is 0.878 bits per heavy atom. The first-order valence-corrected chi connectivity index (χ1v) is 14.4. The lowest BCUT2D eigenvalue weighted by molar-refractivity contribution is 0.0982. The lowest BCUT2D eigenvalue weighted by Crippen LogP contribution is -2.29. The fourth-order valence-corrected chi connectivity index (χ4v) is 6.20. The number of benzene rings is 2. The number of hydrogen-bond acceptors (Lipinski definition) is 7. The van der Waals surface area contributed by atoms with Crippen LogP contribution in [0.1, 0.15) is 81.8 Å². The number of rotatable bonds is 8. The monoisotopic (exact) mass is 548 g/mol. The smallest absolute Gasteiger partial charge is 0.220 e. The first-order valence-electron chi connectivity index (χ1n) is 14.4. The van der Waals surface area contributed by atoms with Crippen molar-refractivity contribution in [1.82, 2.24) is 25.1 Å². The zero-order chi connectivity index (χ0) is 28.6. The molecule has 0 amide bonds. The highest BCUT2D eigenvalue weighted by Crippen LogP contribution is 2.43. The molecule has 4 aromatic rings. The van der Waals surface area contributed by atoms with Gasteiger partial charge in [-0.3, -0.25) is 19.6 Å². The topological polar surface area (TPSA) is 118 Å². The van der Waals surface area contributed by atoms with Crippen molar-refractivity contribution in [1.29, 1.82) is 0 Å². The number of aromatic nitrogens is 4. The van der Waals surface area contributed by atoms with Crippen molar-refractivity contribution in [2.75, 3.05) is 18.8 Å². The maximum atomic E-state index is 13.4. The Morgan fingerprint density at radius 2 is 1.51 bits per heavy atom. The van der Waals surface area contributed by atoms with Crippen molar-refractivity contribution < 1.29 is 9.59 Å². The van der Waals surface area contributed by atoms with Crippen molar-refractivity contribution in [2.45, 2.75) is 64.3 Å². The number of nitrogens with two attached hydrogens (primary N) is 1. The van der Waals surface area contributed by atoms with Gasteiger partial charge in [-0.25, -0.2) is 9.97 Å². The van der Waals surface area contributed by atoms with Crippen molar-refractivity contribution in [3.05, 3.63) is 93.8 Å². The number of nitrogens with zero attached hydrogens (tertiary/aromatic N) is 4. The molecule has 3 N–H and O–H groups in total. The summed E-state index contributed by atoms with van der Waals surface area (Å²) in [6.07, 6.45) is 6.89. The Bertz CT molecular complexity index is 1580. The molecule has 0 unspecified atom stereocenters. The maximum Gasteiger partial charge on any atom is 0.220 e. The van der Waals surface area contributed by atoms with E-state index in [1.807, 2.05) is 24.3 Å². The van der Waals surface area contributed by atoms with Gasteiger partial charge in [-0.15, -0.1) is 0 Å². The molecule has 8 heteroatoms. The van der Waals surface area contributed by atoms with Gasteiger partial charge < -0.3 is 5.73 Å². The molecule has 210 valence electrons. The highest BCUT2D eigenvalue weighted by Gasteiger charge is 2.38. The second-order valence-electron chi connectivity index (χ2n) is 12.0. The summed E-state index contributed by atoms with van der Waals surface area (Å²) >= 11 is 0. The minimum Gasteiger partial charge on any atom is -0.368 e. The Kier molecular flexibility index (Phi) is 7.26. The third-order valence-electron chi connectivity index (χ3n) is 8.34. The van der Waals surface area contributed by atoms with Gasteiger partial charge in [0, 0.05) is 36.7 Å². The summed E-state index contributed by atoms with van der Waals surface area (Å²) in [5, 5.41) is 7.45. The number of ketones is 2. The number of H-pyrrole nitrogens is 1. The van der Waals surface area contributed by atoms with Crippen LogP contribution in [0.4, 0.5) is 5.95 Å². The zero-order valence-electron chi connectivity index (χ0n) is 23.7. The van der Waals surface area contributed by atoms with Crippen LogP contribution in [0.25, 0.3) is 11.4 Å². The second kappa shape index (κ2) is 11.0. The Morgan fingerprint density at radius 3 is 2.22 bits per heavy atom. The summed E-state index contributed by atoms with van der Waals surface area (Å²) in [7, 11) is 0. The number of carbonyl (C=O) groups excluding carboxylic acids is 2. The number of aromatic amines is 1. The van der Waals surface area contributed by atoms with Crippen molar-refractivity contribution in [2.24, 2.45) is 0 Å². The van der Waals surface area contributed by atoms with Crippen LogP contribution >= 0.6 is 0 Å². The van der Waals surface area contributed by atoms with Gasteiger partial charge >= 0.3 is 0 Å². The van der Waals surface area contributed by atoms with E-state index in [0.29, 0.717) is 35.5 Å². The van der Waals surface area contributed by atoms with E-state index in [0.717, 1.165) is 28.8 Å². The van der Waals surface area contributed by atoms with E-state index >= 15 is 0 Å². The molecular weight excluding hydrogens is 512 g/mol. The molecule has 2 aliphatic rings. The van der Waals surface area contributed by atoms with Crippen LogP contribution in [-0.4, -0.2) is 49.7 Å². The van der Waals surface area contributed by atoms with Gasteiger partial charge in [0.25, 0.3) is 0 Å². The number of Topliss-reactive ketones (excluding diaryl/α,β-unsaturated/α-hetero) is 2. The molecule has 41 heavy (non-hydrogen) atoms. The molecule has 0 radical (unpaired) electrons. The van der Waals surface area contributed by atoms with Crippen LogP contribution in [0.2, 0.25) is 0 Å². The number of anilines is 1. The predicted molar refractivity (Wildman–Crippen MR) is 159 cm³/mol. The largest absolute Gasteiger partial charge is 0.368 e. The standard InChI is InChI=1S/C33H36N6O2/c1-33(2)18-25-19-35-32(34)36-29(25)31-28(33)30(37-38-31)27(41)17-22-10-12-24(13-11-22)26(40)16-21-6-8-23(9-7-21)20-39-14-4-3-5-15-39/h6-13,19H,3-5,14-18,20H2,1-2H3,(H,37,38)(H2,34,35,36). The number of nitrogens with one attached hydrogen (secondary N) is 1. The second-order valence-corrected chi connectivity index (χ2v) is 12.0. The van der Waals surface area contributed by atoms with Crippen LogP contribution in [0, 0.1) is 0 Å². The third kappa shape index (κ3) is 5.70. The fourth-order valence-electron chi connectivity index (χ4n) is 6.20. The third-order valence-corrected chi connectivity index (χ3v) is 8.34. The van der Waals surface area contributed by atoms with E-state index in [1.165, 1.54) is 37.9 Å². The molecular formula is C33H36N6O2. The Labute approximate surface area is 240 Å². The molecule has 2 aromatic heterocycles. The molecule has 1 aliphatic heterocycles. The number of carbonyl (C=O) groups is 2. The molecule has 6 rings (SSSR count). The summed E-state index contributed by atoms with van der Waals surface area (Å²) in [5.74, 6) is 0.196. The number of fused-ring (bicyclic) bond motifs is 3. The van der Waals surface area contributed by atoms with Gasteiger partial charge in [0.15, 0.2) is 11.6 Å². The summed E-state index contributed by atoms with van der Waals surface area (Å²) in [6.45, 7) is 7.51. The molecule has 1 saturated heterocycles. The zero-order valence-corrected chi connectivity index (χ0v) is 23.7. The van der Waals surface area contributed by atoms with Crippen LogP contribution in [-0.2, 0) is 31.2 Å². The summed E-state index contributed by atoms with van der Waals surface area (Å²) in [4.78, 5) is 37.4. The highest BCUT2D eigenvalue weighted by atomic mass is 16.1. The van der Waals surface area contributed by atoms with Crippen molar-refractivity contribution in [3.8, 4) is 11.4 Å². The molecule has 0 atom stereocenters. The van der Waals surface area contributed by atoms with E-state index in [4.69, 9.17) is 5.73 Å². The first-order chi connectivity index (χ1) is 19.8. The Hall–Kier alpha value is -4.17. The molecule has 2 aromatic carbocycles. The Balaban J connectivity index is 1.11. The minimum absolute atomic E-state index is 0.0546. The molecule has 3 heterocycles. The van der Waals surface area contributed by atoms with Gasteiger partial charge in [0.2, 0.25) is 5.95 Å². The molecule has 1 aliphatic carbocycles. The van der Waals surface area contributed by atoms with E-state index in [-0.39, 0.29) is 29.4 Å². The summed E-state index contributed by atoms with van der Waals surface area (Å²) in [5.41, 5.74) is 13.0. The molecule has 0 bridgehead atoms. The lowest BCUT2D eigenvalue weighted by atomic mass is 9.72. The molecule has 1 fully saturated rings. The van der Waals surface area contributed by atoms with Crippen LogP contribution in [0.5, 0.6) is 0 Å². The van der Waals surface area contributed by atoms with Gasteiger partial charge in [0.1, 0.15) is 11.4 Å². The number of hydrogen-bond donors (Lipinski definition) is 2. The van der Waals surface area contributed by atoms with E-state index in [9.17, 15) is 9.59 Å². The van der Waals surface area contributed by atoms with E-state index in [2.05, 4.69) is 63.2 Å². The lowest BCUT2D eigenvalue weighted by Gasteiger charge is -2.30. The van der Waals surface area contributed by atoms with E-state index in [1.54, 1.807) is 6.20 Å². The maximum absolute atomic E-state index is 13.4. The summed E-state index contributed by atoms with van der Waals surface area (Å²) < 4.78 is 0. The van der Waals surface area contributed by atoms with Gasteiger partial charge in [-0.2, -0.15) is 5.10 Å². The minimum atomic E-state index is -0.318. The van der Waals surface area contributed by atoms with Crippen LogP contribution in [0.15, 0.2) is 54.7 Å². The molecule has 0 saturated carbocycles. The van der Waals surface area contributed by atoms with Crippen molar-refractivity contribution >= 4 is 17.5 Å². The predicted octanol–water partition coefficient (Wildman–Crippen LogP) is 5.12. The van der Waals surface area contributed by atoms with Crippen molar-refractivity contribution in [3.63, 3.8) is 0 Å². The normalized spacial score (nSPS) is 16.1. The number of likely N-dealkylation sites (tertiary alicyclic amines) is 1. The number of piperidine rings is 1. The fraction of sp³-hybridized carbons (Fsp3) is 0.364. The van der Waals surface area contributed by atoms with Gasteiger partial charge in [0.05, 0.1) is 5.69 Å². The average Bonchev–Trinajstić information content (AvgIpc) is 3.43. The quantitative estimate of drug-likeness (QED) is 0.294. The van der Waals surface area contributed by atoms with Gasteiger partial charge in [-0.1, -0.05) is 68.8 Å². The first kappa shape index (κ1) is 27.0. The average molecular weight is 549 g/mol. The highest BCUT2D eigenvalue weighted by molar-refractivity contribution is 6.00. The van der Waals surface area contributed by atoms with Crippen LogP contribution < -0.4 is 5.73 Å². The number of nitrogen functional groups attached to an aromatic ring is 1.